The molecule has 7 nitrogen and oxygen atoms in total. The molecule has 7 heteroatoms. The smallest absolute Gasteiger partial charge is 0.410 e. The van der Waals surface area contributed by atoms with Crippen molar-refractivity contribution in [1.29, 1.82) is 0 Å². The lowest BCUT2D eigenvalue weighted by atomic mass is 9.45. The monoisotopic (exact) mass is 487 g/mol. The second-order valence-corrected chi connectivity index (χ2v) is 13.4. The standard InChI is InChI=1S/C28H41NO6/c1-26(2,3)35-25(33)29-14-16(15-29)24(32)34-17-8-10-27(4)20-9-11-28(5)19(6-7-23(28)31)18(20)13-22(30)21(27)12-17/h16-21H,6-15H2,1-5H3/t17-,18-,19-,20-,21?,27+,28-/m0/s1. The summed E-state index contributed by atoms with van der Waals surface area (Å²) >= 11 is 0. The highest BCUT2D eigenvalue weighted by molar-refractivity contribution is 5.88. The molecule has 35 heavy (non-hydrogen) atoms. The first kappa shape index (κ1) is 24.8. The number of amides is 1. The molecular weight excluding hydrogens is 446 g/mol. The van der Waals surface area contributed by atoms with Crippen molar-refractivity contribution in [2.45, 2.75) is 97.7 Å². The van der Waals surface area contributed by atoms with Crippen molar-refractivity contribution < 1.29 is 28.7 Å². The van der Waals surface area contributed by atoms with E-state index in [9.17, 15) is 19.2 Å². The zero-order valence-corrected chi connectivity index (χ0v) is 21.9. The summed E-state index contributed by atoms with van der Waals surface area (Å²) in [7, 11) is 0. The Kier molecular flexibility index (Phi) is 5.88. The van der Waals surface area contributed by atoms with E-state index in [2.05, 4.69) is 13.8 Å². The van der Waals surface area contributed by atoms with Crippen LogP contribution in [0.2, 0.25) is 0 Å². The molecular formula is C28H41NO6. The zero-order chi connectivity index (χ0) is 25.3. The molecule has 5 aliphatic rings. The quantitative estimate of drug-likeness (QED) is 0.531. The van der Waals surface area contributed by atoms with Gasteiger partial charge in [-0.3, -0.25) is 14.4 Å². The van der Waals surface area contributed by atoms with Crippen LogP contribution in [0.4, 0.5) is 4.79 Å². The van der Waals surface area contributed by atoms with Gasteiger partial charge < -0.3 is 14.4 Å². The third-order valence-corrected chi connectivity index (χ3v) is 10.3. The van der Waals surface area contributed by atoms with Gasteiger partial charge >= 0.3 is 12.1 Å². The lowest BCUT2D eigenvalue weighted by Crippen LogP contribution is -2.58. The lowest BCUT2D eigenvalue weighted by molar-refractivity contribution is -0.175. The summed E-state index contributed by atoms with van der Waals surface area (Å²) in [4.78, 5) is 52.5. The van der Waals surface area contributed by atoms with E-state index in [0.717, 1.165) is 32.1 Å². The number of carbonyl (C=O) groups excluding carboxylic acids is 4. The van der Waals surface area contributed by atoms with Gasteiger partial charge in [-0.05, 0) is 82.5 Å². The molecule has 4 aliphatic carbocycles. The number of esters is 1. The second kappa shape index (κ2) is 8.31. The molecule has 1 amide bonds. The summed E-state index contributed by atoms with van der Waals surface area (Å²) in [6.45, 7) is 10.5. The number of nitrogens with zero attached hydrogens (tertiary/aromatic N) is 1. The molecule has 1 aliphatic heterocycles. The fraction of sp³-hybridized carbons (Fsp3) is 0.857. The van der Waals surface area contributed by atoms with Gasteiger partial charge in [-0.2, -0.15) is 0 Å². The Bertz CT molecular complexity index is 932. The van der Waals surface area contributed by atoms with Gasteiger partial charge in [-0.25, -0.2) is 4.79 Å². The molecule has 1 unspecified atom stereocenters. The van der Waals surface area contributed by atoms with Crippen LogP contribution in [0.1, 0.15) is 86.0 Å². The molecule has 4 saturated carbocycles. The van der Waals surface area contributed by atoms with E-state index in [1.165, 1.54) is 4.90 Å². The first-order valence-corrected chi connectivity index (χ1v) is 13.6. The van der Waals surface area contributed by atoms with Crippen LogP contribution in [-0.4, -0.2) is 53.3 Å². The molecule has 0 aromatic carbocycles. The fourth-order valence-electron chi connectivity index (χ4n) is 8.25. The van der Waals surface area contributed by atoms with E-state index in [0.29, 0.717) is 61.7 Å². The molecule has 0 aromatic heterocycles. The van der Waals surface area contributed by atoms with Gasteiger partial charge in [-0.1, -0.05) is 13.8 Å². The van der Waals surface area contributed by atoms with Crippen molar-refractivity contribution in [2.75, 3.05) is 13.1 Å². The van der Waals surface area contributed by atoms with E-state index in [4.69, 9.17) is 9.47 Å². The molecule has 5 rings (SSSR count). The number of fused-ring (bicyclic) bond motifs is 5. The third kappa shape index (κ3) is 4.11. The first-order valence-electron chi connectivity index (χ1n) is 13.6. The Morgan fingerprint density at radius 2 is 1.71 bits per heavy atom. The number of likely N-dealkylation sites (tertiary alicyclic amines) is 1. The fourth-order valence-corrected chi connectivity index (χ4v) is 8.25. The van der Waals surface area contributed by atoms with Gasteiger partial charge in [-0.15, -0.1) is 0 Å². The van der Waals surface area contributed by atoms with Gasteiger partial charge in [0.1, 0.15) is 23.3 Å². The van der Waals surface area contributed by atoms with E-state index >= 15 is 0 Å². The largest absolute Gasteiger partial charge is 0.462 e. The van der Waals surface area contributed by atoms with E-state index in [1.54, 1.807) is 0 Å². The average molecular weight is 488 g/mol. The second-order valence-electron chi connectivity index (χ2n) is 13.4. The molecule has 1 heterocycles. The molecule has 1 saturated heterocycles. The average Bonchev–Trinajstić information content (AvgIpc) is 3.01. The molecule has 194 valence electrons. The highest BCUT2D eigenvalue weighted by Gasteiger charge is 2.62. The minimum atomic E-state index is -0.562. The molecule has 0 bridgehead atoms. The van der Waals surface area contributed by atoms with E-state index in [-0.39, 0.29) is 34.7 Å². The number of Topliss-reactive ketones (excluding diaryl/α,β-unsaturated/α-hetero) is 2. The van der Waals surface area contributed by atoms with Gasteiger partial charge in [0, 0.05) is 37.3 Å². The van der Waals surface area contributed by atoms with Crippen LogP contribution in [-0.2, 0) is 23.9 Å². The van der Waals surface area contributed by atoms with Crippen molar-refractivity contribution >= 4 is 23.6 Å². The molecule has 0 spiro atoms. The van der Waals surface area contributed by atoms with Crippen molar-refractivity contribution in [2.24, 2.45) is 40.4 Å². The Morgan fingerprint density at radius 1 is 1.00 bits per heavy atom. The predicted octanol–water partition coefficient (Wildman–Crippen LogP) is 4.56. The number of carbonyl (C=O) groups is 4. The Hall–Kier alpha value is -1.92. The van der Waals surface area contributed by atoms with Crippen molar-refractivity contribution in [3.63, 3.8) is 0 Å². The van der Waals surface area contributed by atoms with Crippen LogP contribution < -0.4 is 0 Å². The highest BCUT2D eigenvalue weighted by atomic mass is 16.6. The number of hydrogen-bond donors (Lipinski definition) is 0. The number of rotatable bonds is 2. The first-order chi connectivity index (χ1) is 16.3. The predicted molar refractivity (Wildman–Crippen MR) is 128 cm³/mol. The summed E-state index contributed by atoms with van der Waals surface area (Å²) < 4.78 is 11.2. The van der Waals surface area contributed by atoms with Crippen molar-refractivity contribution in [3.8, 4) is 0 Å². The highest BCUT2D eigenvalue weighted by Crippen LogP contribution is 2.64. The van der Waals surface area contributed by atoms with Crippen LogP contribution >= 0.6 is 0 Å². The summed E-state index contributed by atoms with van der Waals surface area (Å²) in [5.41, 5.74) is -0.861. The van der Waals surface area contributed by atoms with Crippen molar-refractivity contribution in [1.82, 2.24) is 4.90 Å². The van der Waals surface area contributed by atoms with Gasteiger partial charge in [0.05, 0.1) is 5.92 Å². The SMILES string of the molecule is CC(C)(C)OC(=O)N1CC(C(=O)O[C@H]2CC[C@@]3(C)C(C2)C(=O)C[C@@H]2[C@@H]3CC[C@]3(C)C(=O)CC[C@@H]23)C1. The third-order valence-electron chi connectivity index (χ3n) is 10.3. The maximum absolute atomic E-state index is 13.4. The Labute approximate surface area is 208 Å². The Balaban J connectivity index is 1.19. The van der Waals surface area contributed by atoms with Crippen molar-refractivity contribution in [3.05, 3.63) is 0 Å². The van der Waals surface area contributed by atoms with E-state index < -0.39 is 11.7 Å². The molecule has 5 fully saturated rings. The zero-order valence-electron chi connectivity index (χ0n) is 21.9. The summed E-state index contributed by atoms with van der Waals surface area (Å²) in [6.07, 6.45) is 5.78. The van der Waals surface area contributed by atoms with Crippen LogP contribution in [0, 0.1) is 40.4 Å². The van der Waals surface area contributed by atoms with Gasteiger partial charge in [0.15, 0.2) is 0 Å². The topological polar surface area (TPSA) is 90.0 Å². The van der Waals surface area contributed by atoms with Gasteiger partial charge in [0.25, 0.3) is 0 Å². The van der Waals surface area contributed by atoms with Crippen LogP contribution in [0.25, 0.3) is 0 Å². The minimum Gasteiger partial charge on any atom is -0.462 e. The molecule has 0 radical (unpaired) electrons. The van der Waals surface area contributed by atoms with Crippen LogP contribution in [0.15, 0.2) is 0 Å². The molecule has 0 aromatic rings. The lowest BCUT2D eigenvalue weighted by Gasteiger charge is -2.59. The maximum Gasteiger partial charge on any atom is 0.410 e. The summed E-state index contributed by atoms with van der Waals surface area (Å²) in [5.74, 6) is 1.18. The maximum atomic E-state index is 13.4. The van der Waals surface area contributed by atoms with Crippen LogP contribution in [0.3, 0.4) is 0 Å². The molecule has 0 N–H and O–H groups in total. The summed E-state index contributed by atoms with van der Waals surface area (Å²) in [6, 6.07) is 0. The number of ether oxygens (including phenoxy) is 2. The number of ketones is 2. The summed E-state index contributed by atoms with van der Waals surface area (Å²) in [5, 5.41) is 0. The van der Waals surface area contributed by atoms with E-state index in [1.807, 2.05) is 20.8 Å². The number of hydrogen-bond acceptors (Lipinski definition) is 6. The normalized spacial score (nSPS) is 41.4. The van der Waals surface area contributed by atoms with Crippen LogP contribution in [0.5, 0.6) is 0 Å². The Morgan fingerprint density at radius 3 is 2.40 bits per heavy atom. The molecule has 7 atom stereocenters. The van der Waals surface area contributed by atoms with Gasteiger partial charge in [0.2, 0.25) is 0 Å². The minimum absolute atomic E-state index is 0.0696.